The van der Waals surface area contributed by atoms with Crippen molar-refractivity contribution in [3.05, 3.63) is 52.9 Å². The summed E-state index contributed by atoms with van der Waals surface area (Å²) in [4.78, 5) is 25.3. The molecule has 1 amide bonds. The first kappa shape index (κ1) is 17.8. The van der Waals surface area contributed by atoms with E-state index in [1.165, 1.54) is 32.7 Å². The van der Waals surface area contributed by atoms with Gasteiger partial charge in [-0.2, -0.15) is 0 Å². The van der Waals surface area contributed by atoms with Gasteiger partial charge in [-0.3, -0.25) is 4.79 Å². The molecule has 0 radical (unpaired) electrons. The minimum absolute atomic E-state index is 0.304. The molecule has 0 bridgehead atoms. The first-order valence-corrected chi connectivity index (χ1v) is 8.54. The lowest BCUT2D eigenvalue weighted by atomic mass is 10.1. The molecule has 0 aliphatic carbocycles. The highest BCUT2D eigenvalue weighted by molar-refractivity contribution is 7.21. The molecule has 134 valence electrons. The van der Waals surface area contributed by atoms with Crippen LogP contribution in [0.4, 0.5) is 5.69 Å². The number of rotatable bonds is 5. The lowest BCUT2D eigenvalue weighted by Gasteiger charge is -2.11. The van der Waals surface area contributed by atoms with E-state index in [1.807, 2.05) is 24.3 Å². The summed E-state index contributed by atoms with van der Waals surface area (Å²) >= 11 is 1.27. The summed E-state index contributed by atoms with van der Waals surface area (Å²) < 4.78 is 16.2. The van der Waals surface area contributed by atoms with Crippen LogP contribution in [0.3, 0.4) is 0 Å². The van der Waals surface area contributed by atoms with Crippen molar-refractivity contribution in [2.45, 2.75) is 0 Å². The van der Waals surface area contributed by atoms with E-state index in [9.17, 15) is 9.59 Å². The number of nitrogens with one attached hydrogen (secondary N) is 1. The SMILES string of the molecule is COC(=O)c1sc2ccccc2c1NC(=O)c1cc(OC)ccc1OC. The van der Waals surface area contributed by atoms with Gasteiger partial charge in [0.1, 0.15) is 16.4 Å². The molecule has 1 heterocycles. The smallest absolute Gasteiger partial charge is 0.350 e. The highest BCUT2D eigenvalue weighted by Gasteiger charge is 2.22. The molecule has 7 heteroatoms. The Morgan fingerprint density at radius 3 is 2.46 bits per heavy atom. The van der Waals surface area contributed by atoms with Gasteiger partial charge in [-0.05, 0) is 24.3 Å². The zero-order valence-corrected chi connectivity index (χ0v) is 15.3. The molecule has 3 rings (SSSR count). The number of methoxy groups -OCH3 is 3. The van der Waals surface area contributed by atoms with Gasteiger partial charge in [-0.1, -0.05) is 18.2 Å². The summed E-state index contributed by atoms with van der Waals surface area (Å²) in [5.41, 5.74) is 0.727. The fourth-order valence-electron chi connectivity index (χ4n) is 2.58. The Balaban J connectivity index is 2.06. The van der Waals surface area contributed by atoms with Crippen LogP contribution in [0.15, 0.2) is 42.5 Å². The fourth-order valence-corrected chi connectivity index (χ4v) is 3.65. The van der Waals surface area contributed by atoms with Crippen LogP contribution in [0.1, 0.15) is 20.0 Å². The lowest BCUT2D eigenvalue weighted by Crippen LogP contribution is -2.15. The number of ether oxygens (including phenoxy) is 3. The van der Waals surface area contributed by atoms with Crippen molar-refractivity contribution in [3.63, 3.8) is 0 Å². The number of esters is 1. The molecule has 26 heavy (non-hydrogen) atoms. The van der Waals surface area contributed by atoms with Crippen LogP contribution in [-0.4, -0.2) is 33.2 Å². The van der Waals surface area contributed by atoms with E-state index >= 15 is 0 Å². The van der Waals surface area contributed by atoms with Crippen LogP contribution in [0, 0.1) is 0 Å². The van der Waals surface area contributed by atoms with Gasteiger partial charge in [-0.15, -0.1) is 11.3 Å². The minimum atomic E-state index is -0.501. The Hall–Kier alpha value is -3.06. The number of fused-ring (bicyclic) bond motifs is 1. The van der Waals surface area contributed by atoms with Crippen molar-refractivity contribution in [1.29, 1.82) is 0 Å². The number of hydrogen-bond acceptors (Lipinski definition) is 6. The van der Waals surface area contributed by atoms with E-state index in [-0.39, 0.29) is 0 Å². The molecule has 0 atom stereocenters. The maximum atomic E-state index is 12.9. The van der Waals surface area contributed by atoms with Gasteiger partial charge < -0.3 is 19.5 Å². The molecule has 0 fully saturated rings. The maximum Gasteiger partial charge on any atom is 0.350 e. The third-order valence-corrected chi connectivity index (χ3v) is 5.01. The van der Waals surface area contributed by atoms with Gasteiger partial charge in [0, 0.05) is 10.1 Å². The minimum Gasteiger partial charge on any atom is -0.497 e. The largest absolute Gasteiger partial charge is 0.497 e. The first-order chi connectivity index (χ1) is 12.6. The summed E-state index contributed by atoms with van der Waals surface area (Å²) in [6.45, 7) is 0. The highest BCUT2D eigenvalue weighted by Crippen LogP contribution is 2.37. The summed E-state index contributed by atoms with van der Waals surface area (Å²) in [5.74, 6) is 0.0235. The van der Waals surface area contributed by atoms with E-state index in [4.69, 9.17) is 14.2 Å². The average Bonchev–Trinajstić information content (AvgIpc) is 3.05. The van der Waals surface area contributed by atoms with Gasteiger partial charge in [0.15, 0.2) is 0 Å². The fraction of sp³-hybridized carbons (Fsp3) is 0.158. The normalized spacial score (nSPS) is 10.4. The Morgan fingerprint density at radius 1 is 1.00 bits per heavy atom. The number of amides is 1. The summed E-state index contributed by atoms with van der Waals surface area (Å²) in [7, 11) is 4.31. The average molecular weight is 371 g/mol. The van der Waals surface area contributed by atoms with Crippen LogP contribution in [0.25, 0.3) is 10.1 Å². The van der Waals surface area contributed by atoms with E-state index in [0.717, 1.165) is 10.1 Å². The second kappa shape index (κ2) is 7.45. The van der Waals surface area contributed by atoms with Crippen molar-refractivity contribution in [3.8, 4) is 11.5 Å². The van der Waals surface area contributed by atoms with Gasteiger partial charge in [0.2, 0.25) is 0 Å². The maximum absolute atomic E-state index is 12.9. The van der Waals surface area contributed by atoms with Crippen LogP contribution >= 0.6 is 11.3 Å². The Bertz CT molecular complexity index is 979. The molecule has 0 aliphatic heterocycles. The third-order valence-electron chi connectivity index (χ3n) is 3.86. The Labute approximate surface area is 154 Å². The number of benzene rings is 2. The van der Waals surface area contributed by atoms with Gasteiger partial charge >= 0.3 is 5.97 Å². The molecule has 0 saturated carbocycles. The van der Waals surface area contributed by atoms with Crippen LogP contribution in [0.2, 0.25) is 0 Å². The molecule has 0 saturated heterocycles. The number of carbonyl (C=O) groups is 2. The van der Waals surface area contributed by atoms with Gasteiger partial charge in [-0.25, -0.2) is 4.79 Å². The highest BCUT2D eigenvalue weighted by atomic mass is 32.1. The molecule has 0 aliphatic rings. The van der Waals surface area contributed by atoms with E-state index < -0.39 is 11.9 Å². The predicted octanol–water partition coefficient (Wildman–Crippen LogP) is 3.96. The quantitative estimate of drug-likeness (QED) is 0.687. The molecule has 0 unspecified atom stereocenters. The second-order valence-corrected chi connectivity index (χ2v) is 6.37. The summed E-state index contributed by atoms with van der Waals surface area (Å²) in [6, 6.07) is 12.4. The molecule has 2 aromatic carbocycles. The molecule has 6 nitrogen and oxygen atoms in total. The Morgan fingerprint density at radius 2 is 1.77 bits per heavy atom. The monoisotopic (exact) mass is 371 g/mol. The molecular formula is C19H17NO5S. The number of anilines is 1. The van der Waals surface area contributed by atoms with Crippen LogP contribution in [-0.2, 0) is 4.74 Å². The topological polar surface area (TPSA) is 73.9 Å². The molecule has 1 N–H and O–H groups in total. The zero-order valence-electron chi connectivity index (χ0n) is 14.5. The predicted molar refractivity (Wildman–Crippen MR) is 101 cm³/mol. The molecular weight excluding hydrogens is 354 g/mol. The molecule has 3 aromatic rings. The number of thiophene rings is 1. The van der Waals surface area contributed by atoms with Crippen molar-refractivity contribution in [1.82, 2.24) is 0 Å². The van der Waals surface area contributed by atoms with Crippen LogP contribution in [0.5, 0.6) is 11.5 Å². The molecule has 0 spiro atoms. The third kappa shape index (κ3) is 3.21. The summed E-state index contributed by atoms with van der Waals surface area (Å²) in [5, 5.41) is 3.60. The van der Waals surface area contributed by atoms with E-state index in [0.29, 0.717) is 27.6 Å². The first-order valence-electron chi connectivity index (χ1n) is 7.72. The van der Waals surface area contributed by atoms with Crippen molar-refractivity contribution in [2.75, 3.05) is 26.6 Å². The van der Waals surface area contributed by atoms with Gasteiger partial charge in [0.25, 0.3) is 5.91 Å². The lowest BCUT2D eigenvalue weighted by molar-refractivity contribution is 0.0607. The van der Waals surface area contributed by atoms with E-state index in [1.54, 1.807) is 18.2 Å². The Kier molecular flexibility index (Phi) is 5.09. The number of carbonyl (C=O) groups excluding carboxylic acids is 2. The zero-order chi connectivity index (χ0) is 18.7. The van der Waals surface area contributed by atoms with Crippen molar-refractivity contribution >= 4 is 39.0 Å². The van der Waals surface area contributed by atoms with E-state index in [2.05, 4.69) is 5.32 Å². The molecule has 1 aromatic heterocycles. The standard InChI is InChI=1S/C19H17NO5S/c1-23-11-8-9-14(24-2)13(10-11)18(21)20-16-12-6-4-5-7-15(12)26-17(16)19(22)25-3/h4-10H,1-3H3,(H,20,21). The second-order valence-electron chi connectivity index (χ2n) is 5.31. The van der Waals surface area contributed by atoms with Crippen molar-refractivity contribution < 1.29 is 23.8 Å². The van der Waals surface area contributed by atoms with Crippen molar-refractivity contribution in [2.24, 2.45) is 0 Å². The summed E-state index contributed by atoms with van der Waals surface area (Å²) in [6.07, 6.45) is 0. The van der Waals surface area contributed by atoms with Crippen LogP contribution < -0.4 is 14.8 Å². The number of hydrogen-bond donors (Lipinski definition) is 1. The van der Waals surface area contributed by atoms with Gasteiger partial charge in [0.05, 0.1) is 32.6 Å².